The molecule has 0 bridgehead atoms. The second kappa shape index (κ2) is 9.93. The van der Waals surface area contributed by atoms with E-state index in [0.717, 1.165) is 64.5 Å². The Morgan fingerprint density at radius 1 is 1.00 bits per heavy atom. The zero-order chi connectivity index (χ0) is 23.5. The predicted octanol–water partition coefficient (Wildman–Crippen LogP) is 2.49. The number of hydrogen-bond donors (Lipinski definition) is 0. The van der Waals surface area contributed by atoms with Crippen molar-refractivity contribution >= 4 is 22.5 Å². The van der Waals surface area contributed by atoms with Crippen LogP contribution >= 0.6 is 0 Å². The van der Waals surface area contributed by atoms with Gasteiger partial charge in [0.15, 0.2) is 5.69 Å². The van der Waals surface area contributed by atoms with Gasteiger partial charge in [0.2, 0.25) is 0 Å². The second-order valence-corrected chi connectivity index (χ2v) is 9.25. The van der Waals surface area contributed by atoms with E-state index >= 15 is 0 Å². The van der Waals surface area contributed by atoms with E-state index in [1.807, 2.05) is 48.4 Å². The van der Waals surface area contributed by atoms with E-state index in [2.05, 4.69) is 25.9 Å². The minimum Gasteiger partial charge on any atom is -0.354 e. The van der Waals surface area contributed by atoms with Gasteiger partial charge in [-0.15, -0.1) is 0 Å². The van der Waals surface area contributed by atoms with Gasteiger partial charge in [0, 0.05) is 63.9 Å². The number of fused-ring (bicyclic) bond motifs is 1. The maximum Gasteiger partial charge on any atom is 0.274 e. The third-order valence-electron chi connectivity index (χ3n) is 7.04. The number of pyridine rings is 1. The van der Waals surface area contributed by atoms with Crippen LogP contribution in [-0.2, 0) is 6.54 Å². The summed E-state index contributed by atoms with van der Waals surface area (Å²) in [7, 11) is 0. The van der Waals surface area contributed by atoms with Gasteiger partial charge < -0.3 is 9.80 Å². The molecule has 8 heteroatoms. The van der Waals surface area contributed by atoms with Crippen LogP contribution in [0.25, 0.3) is 10.8 Å². The molecule has 0 spiro atoms. The molecule has 178 valence electrons. The van der Waals surface area contributed by atoms with Gasteiger partial charge in [0.05, 0.1) is 5.39 Å². The average Bonchev–Trinajstić information content (AvgIpc) is 2.90. The van der Waals surface area contributed by atoms with E-state index in [1.54, 1.807) is 6.07 Å². The number of carbonyl (C=O) groups excluding carboxylic acids is 1. The summed E-state index contributed by atoms with van der Waals surface area (Å²) in [5.41, 5.74) is 0.248. The third kappa shape index (κ3) is 4.55. The molecule has 1 amide bonds. The van der Waals surface area contributed by atoms with Crippen molar-refractivity contribution in [2.24, 2.45) is 5.92 Å². The number of carbonyl (C=O) groups is 1. The molecule has 2 aromatic heterocycles. The van der Waals surface area contributed by atoms with Crippen LogP contribution in [0.15, 0.2) is 53.5 Å². The highest BCUT2D eigenvalue weighted by atomic mass is 16.2. The monoisotopic (exact) mass is 460 g/mol. The average molecular weight is 461 g/mol. The van der Waals surface area contributed by atoms with Crippen LogP contribution < -0.4 is 10.5 Å². The van der Waals surface area contributed by atoms with Crippen molar-refractivity contribution < 1.29 is 4.79 Å². The van der Waals surface area contributed by atoms with Gasteiger partial charge in [-0.25, -0.2) is 9.67 Å². The molecule has 4 heterocycles. The molecule has 1 aromatic carbocycles. The molecule has 34 heavy (non-hydrogen) atoms. The first kappa shape index (κ1) is 22.5. The number of benzene rings is 1. The Kier molecular flexibility index (Phi) is 6.58. The summed E-state index contributed by atoms with van der Waals surface area (Å²) < 4.78 is 1.40. The van der Waals surface area contributed by atoms with E-state index in [9.17, 15) is 9.59 Å². The van der Waals surface area contributed by atoms with Gasteiger partial charge in [-0.1, -0.05) is 24.3 Å². The van der Waals surface area contributed by atoms with Crippen molar-refractivity contribution in [1.82, 2.24) is 24.6 Å². The number of anilines is 1. The quantitative estimate of drug-likeness (QED) is 0.583. The molecule has 2 fully saturated rings. The molecule has 0 radical (unpaired) electrons. The minimum absolute atomic E-state index is 0.0666. The standard InChI is InChI=1S/C26H32N6O2/c1-2-32-25(33)22-10-4-3-9-21(22)24(28-32)26(34)31-13-7-8-20(19-31)18-29-14-16-30(17-15-29)23-11-5-6-12-27-23/h3-6,9-12,20H,2,7-8,13-19H2,1H3. The van der Waals surface area contributed by atoms with Crippen molar-refractivity contribution in [3.8, 4) is 0 Å². The lowest BCUT2D eigenvalue weighted by molar-refractivity contribution is 0.0631. The Labute approximate surface area is 199 Å². The van der Waals surface area contributed by atoms with Crippen LogP contribution in [0.1, 0.15) is 30.3 Å². The van der Waals surface area contributed by atoms with Gasteiger partial charge in [-0.3, -0.25) is 14.5 Å². The Bertz CT molecular complexity index is 1200. The van der Waals surface area contributed by atoms with Gasteiger partial charge in [-0.05, 0) is 43.9 Å². The second-order valence-electron chi connectivity index (χ2n) is 9.25. The molecule has 2 saturated heterocycles. The van der Waals surface area contributed by atoms with Crippen molar-refractivity contribution in [3.63, 3.8) is 0 Å². The fraction of sp³-hybridized carbons (Fsp3) is 0.462. The highest BCUT2D eigenvalue weighted by Gasteiger charge is 2.29. The zero-order valence-corrected chi connectivity index (χ0v) is 19.8. The van der Waals surface area contributed by atoms with Gasteiger partial charge in [0.25, 0.3) is 11.5 Å². The highest BCUT2D eigenvalue weighted by molar-refractivity contribution is 6.04. The Morgan fingerprint density at radius 2 is 1.76 bits per heavy atom. The Balaban J connectivity index is 1.25. The number of piperazine rings is 1. The predicted molar refractivity (Wildman–Crippen MR) is 133 cm³/mol. The van der Waals surface area contributed by atoms with Gasteiger partial charge in [0.1, 0.15) is 5.82 Å². The van der Waals surface area contributed by atoms with Gasteiger partial charge in [-0.2, -0.15) is 5.10 Å². The summed E-state index contributed by atoms with van der Waals surface area (Å²) in [5, 5.41) is 5.67. The molecular formula is C26H32N6O2. The van der Waals surface area contributed by atoms with Crippen molar-refractivity contribution in [2.45, 2.75) is 26.3 Å². The molecule has 1 atom stereocenters. The lowest BCUT2D eigenvalue weighted by Gasteiger charge is -2.39. The SMILES string of the molecule is CCn1nc(C(=O)N2CCCC(CN3CCN(c4ccccn4)CC3)C2)c2ccccc2c1=O. The normalized spacial score (nSPS) is 19.5. The summed E-state index contributed by atoms with van der Waals surface area (Å²) in [4.78, 5) is 37.5. The van der Waals surface area contributed by atoms with E-state index in [1.165, 1.54) is 4.68 Å². The van der Waals surface area contributed by atoms with Crippen LogP contribution in [0.3, 0.4) is 0 Å². The summed E-state index contributed by atoms with van der Waals surface area (Å²) >= 11 is 0. The van der Waals surface area contributed by atoms with Crippen LogP contribution in [0.4, 0.5) is 5.82 Å². The summed E-state index contributed by atoms with van der Waals surface area (Å²) in [6.45, 7) is 8.76. The van der Waals surface area contributed by atoms with Crippen molar-refractivity contribution in [3.05, 3.63) is 64.7 Å². The van der Waals surface area contributed by atoms with Crippen molar-refractivity contribution in [1.29, 1.82) is 0 Å². The summed E-state index contributed by atoms with van der Waals surface area (Å²) in [6, 6.07) is 13.4. The van der Waals surface area contributed by atoms with Gasteiger partial charge >= 0.3 is 0 Å². The number of aromatic nitrogens is 3. The number of piperidine rings is 1. The fourth-order valence-electron chi connectivity index (χ4n) is 5.22. The Hall–Kier alpha value is -3.26. The molecule has 3 aromatic rings. The number of nitrogens with zero attached hydrogens (tertiary/aromatic N) is 6. The maximum absolute atomic E-state index is 13.6. The lowest BCUT2D eigenvalue weighted by atomic mass is 9.96. The first-order valence-electron chi connectivity index (χ1n) is 12.3. The molecule has 2 aliphatic rings. The third-order valence-corrected chi connectivity index (χ3v) is 7.04. The molecule has 2 aliphatic heterocycles. The van der Waals surface area contributed by atoms with E-state index in [0.29, 0.717) is 28.9 Å². The summed E-state index contributed by atoms with van der Waals surface area (Å²) in [5.74, 6) is 1.43. The molecule has 0 aliphatic carbocycles. The molecule has 1 unspecified atom stereocenters. The largest absolute Gasteiger partial charge is 0.354 e. The molecule has 8 nitrogen and oxygen atoms in total. The molecule has 0 saturated carbocycles. The minimum atomic E-state index is -0.143. The highest BCUT2D eigenvalue weighted by Crippen LogP contribution is 2.23. The number of rotatable bonds is 5. The topological polar surface area (TPSA) is 74.6 Å². The van der Waals surface area contributed by atoms with Crippen LogP contribution in [0.5, 0.6) is 0 Å². The fourth-order valence-corrected chi connectivity index (χ4v) is 5.22. The number of likely N-dealkylation sites (tertiary alicyclic amines) is 1. The maximum atomic E-state index is 13.6. The Morgan fingerprint density at radius 3 is 2.50 bits per heavy atom. The van der Waals surface area contributed by atoms with E-state index in [-0.39, 0.29) is 11.5 Å². The number of hydrogen-bond acceptors (Lipinski definition) is 6. The van der Waals surface area contributed by atoms with Crippen LogP contribution in [0, 0.1) is 5.92 Å². The van der Waals surface area contributed by atoms with Crippen LogP contribution in [-0.4, -0.2) is 76.3 Å². The summed E-state index contributed by atoms with van der Waals surface area (Å²) in [6.07, 6.45) is 3.97. The molecule has 0 N–H and O–H groups in total. The number of aryl methyl sites for hydroxylation is 1. The first-order chi connectivity index (χ1) is 16.6. The number of amides is 1. The van der Waals surface area contributed by atoms with Crippen LogP contribution in [0.2, 0.25) is 0 Å². The first-order valence-corrected chi connectivity index (χ1v) is 12.3. The van der Waals surface area contributed by atoms with Crippen molar-refractivity contribution in [2.75, 3.05) is 50.7 Å². The lowest BCUT2D eigenvalue weighted by Crippen LogP contribution is -2.50. The smallest absolute Gasteiger partial charge is 0.274 e. The molecule has 5 rings (SSSR count). The molecular weight excluding hydrogens is 428 g/mol. The van der Waals surface area contributed by atoms with E-state index < -0.39 is 0 Å². The zero-order valence-electron chi connectivity index (χ0n) is 19.8. The van der Waals surface area contributed by atoms with E-state index in [4.69, 9.17) is 0 Å².